The zero-order valence-electron chi connectivity index (χ0n) is 11.4. The van der Waals surface area contributed by atoms with Crippen molar-refractivity contribution in [3.63, 3.8) is 0 Å². The summed E-state index contributed by atoms with van der Waals surface area (Å²) in [6.07, 6.45) is 1.03. The lowest BCUT2D eigenvalue weighted by molar-refractivity contribution is 0.220. The normalized spacial score (nSPS) is 12.6. The van der Waals surface area contributed by atoms with Gasteiger partial charge in [-0.15, -0.1) is 0 Å². The van der Waals surface area contributed by atoms with Crippen molar-refractivity contribution in [3.8, 4) is 0 Å². The summed E-state index contributed by atoms with van der Waals surface area (Å²) in [6.45, 7) is 3.72. The average molecular weight is 265 g/mol. The lowest BCUT2D eigenvalue weighted by Gasteiger charge is -2.15. The molecule has 0 aliphatic rings. The number of hydrogen-bond acceptors (Lipinski definition) is 4. The number of aliphatic hydroxyl groups excluding tert-OH is 1. The van der Waals surface area contributed by atoms with Gasteiger partial charge >= 0.3 is 0 Å². The topological polar surface area (TPSA) is 58.9 Å². The summed E-state index contributed by atoms with van der Waals surface area (Å²) < 4.78 is 0. The quantitative estimate of drug-likeness (QED) is 0.774. The van der Waals surface area contributed by atoms with Crippen LogP contribution in [0.4, 0.5) is 0 Å². The Labute approximate surface area is 117 Å². The van der Waals surface area contributed by atoms with Crippen LogP contribution in [0.15, 0.2) is 42.6 Å². The number of aryl methyl sites for hydroxylation is 2. The summed E-state index contributed by atoms with van der Waals surface area (Å²) >= 11 is 0. The number of rotatable bonds is 2. The van der Waals surface area contributed by atoms with E-state index in [9.17, 15) is 5.11 Å². The minimum atomic E-state index is -0.725. The molecule has 1 aromatic carbocycles. The maximum atomic E-state index is 10.7. The highest BCUT2D eigenvalue weighted by Gasteiger charge is 2.17. The number of nitrogens with zero attached hydrogens (tertiary/aromatic N) is 3. The molecule has 3 rings (SSSR count). The standard InChI is InChI=1S/C16H15N3O/c1-10-9-14(11(2)19-18-10)16(20)13-5-3-7-15-12(13)6-4-8-17-15/h3-9,16,20H,1-2H3. The fourth-order valence-corrected chi connectivity index (χ4v) is 2.38. The SMILES string of the molecule is Cc1cc(C(O)c2cccc3ncccc23)c(C)nn1. The van der Waals surface area contributed by atoms with Gasteiger partial charge in [0.1, 0.15) is 6.10 Å². The van der Waals surface area contributed by atoms with Crippen LogP contribution in [-0.2, 0) is 0 Å². The monoisotopic (exact) mass is 265 g/mol. The van der Waals surface area contributed by atoms with Gasteiger partial charge in [-0.05, 0) is 37.6 Å². The number of hydrogen-bond donors (Lipinski definition) is 1. The zero-order valence-corrected chi connectivity index (χ0v) is 11.4. The molecule has 1 N–H and O–H groups in total. The van der Waals surface area contributed by atoms with Gasteiger partial charge in [-0.25, -0.2) is 0 Å². The van der Waals surface area contributed by atoms with Crippen LogP contribution in [0.5, 0.6) is 0 Å². The number of pyridine rings is 1. The second-order valence-electron chi connectivity index (χ2n) is 4.85. The second-order valence-corrected chi connectivity index (χ2v) is 4.85. The van der Waals surface area contributed by atoms with Crippen molar-refractivity contribution in [2.24, 2.45) is 0 Å². The number of aliphatic hydroxyl groups is 1. The highest BCUT2D eigenvalue weighted by Crippen LogP contribution is 2.29. The van der Waals surface area contributed by atoms with Gasteiger partial charge in [-0.3, -0.25) is 4.98 Å². The molecule has 1 atom stereocenters. The van der Waals surface area contributed by atoms with Crippen LogP contribution >= 0.6 is 0 Å². The van der Waals surface area contributed by atoms with Gasteiger partial charge in [0.25, 0.3) is 0 Å². The van der Waals surface area contributed by atoms with E-state index in [4.69, 9.17) is 0 Å². The van der Waals surface area contributed by atoms with Gasteiger partial charge in [0.05, 0.1) is 16.9 Å². The van der Waals surface area contributed by atoms with Crippen LogP contribution in [0, 0.1) is 13.8 Å². The van der Waals surface area contributed by atoms with Crippen molar-refractivity contribution in [1.82, 2.24) is 15.2 Å². The third-order valence-corrected chi connectivity index (χ3v) is 3.41. The van der Waals surface area contributed by atoms with E-state index in [1.54, 1.807) is 6.20 Å². The lowest BCUT2D eigenvalue weighted by Crippen LogP contribution is -2.06. The largest absolute Gasteiger partial charge is 0.384 e. The van der Waals surface area contributed by atoms with E-state index >= 15 is 0 Å². The van der Waals surface area contributed by atoms with Crippen molar-refractivity contribution in [3.05, 3.63) is 65.1 Å². The van der Waals surface area contributed by atoms with Gasteiger partial charge in [0, 0.05) is 17.1 Å². The molecule has 4 nitrogen and oxygen atoms in total. The van der Waals surface area contributed by atoms with Crippen molar-refractivity contribution >= 4 is 10.9 Å². The third kappa shape index (κ3) is 2.14. The first-order chi connectivity index (χ1) is 9.66. The molecular weight excluding hydrogens is 250 g/mol. The molecule has 100 valence electrons. The maximum Gasteiger partial charge on any atom is 0.107 e. The summed E-state index contributed by atoms with van der Waals surface area (Å²) in [6, 6.07) is 11.5. The summed E-state index contributed by atoms with van der Waals surface area (Å²) in [4.78, 5) is 4.32. The molecule has 3 aromatic rings. The highest BCUT2D eigenvalue weighted by atomic mass is 16.3. The van der Waals surface area contributed by atoms with Crippen molar-refractivity contribution in [2.45, 2.75) is 20.0 Å². The first kappa shape index (κ1) is 12.7. The van der Waals surface area contributed by atoms with Crippen LogP contribution < -0.4 is 0 Å². The average Bonchev–Trinajstić information content (AvgIpc) is 2.48. The molecule has 1 unspecified atom stereocenters. The fourth-order valence-electron chi connectivity index (χ4n) is 2.38. The van der Waals surface area contributed by atoms with Crippen molar-refractivity contribution in [1.29, 1.82) is 0 Å². The Hall–Kier alpha value is -2.33. The number of fused-ring (bicyclic) bond motifs is 1. The summed E-state index contributed by atoms with van der Waals surface area (Å²) in [5.41, 5.74) is 4.03. The van der Waals surface area contributed by atoms with Crippen molar-refractivity contribution < 1.29 is 5.11 Å². The Morgan fingerprint density at radius 2 is 1.85 bits per heavy atom. The van der Waals surface area contributed by atoms with E-state index in [0.29, 0.717) is 0 Å². The van der Waals surface area contributed by atoms with E-state index in [1.165, 1.54) is 0 Å². The van der Waals surface area contributed by atoms with Crippen LogP contribution in [0.3, 0.4) is 0 Å². The molecule has 0 aliphatic heterocycles. The van der Waals surface area contributed by atoms with E-state index in [-0.39, 0.29) is 0 Å². The summed E-state index contributed by atoms with van der Waals surface area (Å²) in [5, 5.41) is 19.7. The van der Waals surface area contributed by atoms with Gasteiger partial charge in [-0.1, -0.05) is 18.2 Å². The first-order valence-electron chi connectivity index (χ1n) is 6.49. The van der Waals surface area contributed by atoms with Gasteiger partial charge in [0.2, 0.25) is 0 Å². The Balaban J connectivity index is 2.17. The molecule has 2 aromatic heterocycles. The molecular formula is C16H15N3O. The van der Waals surface area contributed by atoms with E-state index in [2.05, 4.69) is 15.2 Å². The molecule has 20 heavy (non-hydrogen) atoms. The Morgan fingerprint density at radius 1 is 1.00 bits per heavy atom. The molecule has 0 amide bonds. The second kappa shape index (κ2) is 4.98. The van der Waals surface area contributed by atoms with Gasteiger partial charge in [-0.2, -0.15) is 10.2 Å². The summed E-state index contributed by atoms with van der Waals surface area (Å²) in [7, 11) is 0. The Morgan fingerprint density at radius 3 is 2.70 bits per heavy atom. The van der Waals surface area contributed by atoms with E-state index in [0.717, 1.165) is 33.4 Å². The smallest absolute Gasteiger partial charge is 0.107 e. The Kier molecular flexibility index (Phi) is 3.16. The predicted octanol–water partition coefficient (Wildman–Crippen LogP) is 2.72. The molecule has 0 saturated carbocycles. The summed E-state index contributed by atoms with van der Waals surface area (Å²) in [5.74, 6) is 0. The number of aromatic nitrogens is 3. The van der Waals surface area contributed by atoms with Crippen LogP contribution in [0.2, 0.25) is 0 Å². The van der Waals surface area contributed by atoms with Crippen molar-refractivity contribution in [2.75, 3.05) is 0 Å². The molecule has 0 aliphatic carbocycles. The predicted molar refractivity (Wildman–Crippen MR) is 77.3 cm³/mol. The molecule has 0 radical (unpaired) electrons. The molecule has 0 saturated heterocycles. The molecule has 0 spiro atoms. The third-order valence-electron chi connectivity index (χ3n) is 3.41. The minimum Gasteiger partial charge on any atom is -0.384 e. The van der Waals surface area contributed by atoms with E-state index < -0.39 is 6.10 Å². The minimum absolute atomic E-state index is 0.725. The van der Waals surface area contributed by atoms with Gasteiger partial charge in [0.15, 0.2) is 0 Å². The van der Waals surface area contributed by atoms with Crippen LogP contribution in [0.1, 0.15) is 28.6 Å². The zero-order chi connectivity index (χ0) is 14.1. The highest BCUT2D eigenvalue weighted by molar-refractivity contribution is 5.82. The first-order valence-corrected chi connectivity index (χ1v) is 6.49. The lowest BCUT2D eigenvalue weighted by atomic mass is 9.97. The molecule has 4 heteroatoms. The van der Waals surface area contributed by atoms with Crippen LogP contribution in [-0.4, -0.2) is 20.3 Å². The van der Waals surface area contributed by atoms with Crippen LogP contribution in [0.25, 0.3) is 10.9 Å². The molecule has 0 fully saturated rings. The molecule has 2 heterocycles. The molecule has 0 bridgehead atoms. The fraction of sp³-hybridized carbons (Fsp3) is 0.188. The Bertz CT molecular complexity index is 765. The van der Waals surface area contributed by atoms with E-state index in [1.807, 2.05) is 50.2 Å². The maximum absolute atomic E-state index is 10.7. The van der Waals surface area contributed by atoms with Gasteiger partial charge < -0.3 is 5.11 Å². The number of benzene rings is 1.